The zero-order chi connectivity index (χ0) is 14.5. The Hall–Kier alpha value is -1.48. The summed E-state index contributed by atoms with van der Waals surface area (Å²) < 4.78 is 4.51. The number of halogens is 1. The quantitative estimate of drug-likeness (QED) is 0.846. The van der Waals surface area contributed by atoms with Crippen LogP contribution in [-0.4, -0.2) is 21.0 Å². The van der Waals surface area contributed by atoms with Crippen molar-refractivity contribution in [2.75, 3.05) is 6.54 Å². The van der Waals surface area contributed by atoms with E-state index in [4.69, 9.17) is 16.9 Å². The number of benzene rings is 1. The van der Waals surface area contributed by atoms with Crippen LogP contribution in [0.3, 0.4) is 0 Å². The molecule has 0 spiro atoms. The monoisotopic (exact) mass is 306 g/mol. The second-order valence-corrected chi connectivity index (χ2v) is 5.82. The molecule has 6 heteroatoms. The topological polar surface area (TPSA) is 52.8 Å². The molecule has 0 aliphatic rings. The Morgan fingerprint density at radius 3 is 2.60 bits per heavy atom. The Balaban J connectivity index is 2.14. The number of nitriles is 1. The standard InChI is InChI=1S/C14H15ClN4S/c1-3-19(9-13-14(15)20-18-17-13)10(2)12-6-4-11(8-16)5-7-12/h4-7,10H,3,9H2,1-2H3/t10-/m0/s1. The van der Waals surface area contributed by atoms with E-state index in [2.05, 4.69) is 34.4 Å². The lowest BCUT2D eigenvalue weighted by molar-refractivity contribution is 0.210. The maximum Gasteiger partial charge on any atom is 0.138 e. The molecule has 0 amide bonds. The van der Waals surface area contributed by atoms with Crippen LogP contribution >= 0.6 is 23.1 Å². The van der Waals surface area contributed by atoms with Gasteiger partial charge in [-0.25, -0.2) is 0 Å². The zero-order valence-electron chi connectivity index (χ0n) is 11.4. The molecule has 0 N–H and O–H groups in total. The summed E-state index contributed by atoms with van der Waals surface area (Å²) in [6.07, 6.45) is 0. The fraction of sp³-hybridized carbons (Fsp3) is 0.357. The van der Waals surface area contributed by atoms with Crippen molar-refractivity contribution in [3.63, 3.8) is 0 Å². The van der Waals surface area contributed by atoms with Crippen molar-refractivity contribution in [2.45, 2.75) is 26.4 Å². The fourth-order valence-electron chi connectivity index (χ4n) is 2.05. The largest absolute Gasteiger partial charge is 0.291 e. The first-order valence-electron chi connectivity index (χ1n) is 6.36. The van der Waals surface area contributed by atoms with Crippen molar-refractivity contribution in [1.82, 2.24) is 14.5 Å². The van der Waals surface area contributed by atoms with E-state index in [1.165, 1.54) is 17.1 Å². The predicted octanol–water partition coefficient (Wildman–Crippen LogP) is 3.65. The highest BCUT2D eigenvalue weighted by Crippen LogP contribution is 2.25. The first-order valence-corrected chi connectivity index (χ1v) is 7.51. The summed E-state index contributed by atoms with van der Waals surface area (Å²) in [6.45, 7) is 5.80. The maximum atomic E-state index is 8.84. The molecule has 0 saturated carbocycles. The van der Waals surface area contributed by atoms with E-state index in [1.54, 1.807) is 0 Å². The molecule has 1 aromatic carbocycles. The van der Waals surface area contributed by atoms with Crippen molar-refractivity contribution in [3.05, 3.63) is 45.4 Å². The molecule has 20 heavy (non-hydrogen) atoms. The van der Waals surface area contributed by atoms with Crippen molar-refractivity contribution >= 4 is 23.1 Å². The van der Waals surface area contributed by atoms with Crippen molar-refractivity contribution in [2.24, 2.45) is 0 Å². The summed E-state index contributed by atoms with van der Waals surface area (Å²) in [6, 6.07) is 10.0. The Morgan fingerprint density at radius 1 is 1.40 bits per heavy atom. The van der Waals surface area contributed by atoms with Gasteiger partial charge >= 0.3 is 0 Å². The van der Waals surface area contributed by atoms with Crippen LogP contribution in [0.1, 0.15) is 36.7 Å². The van der Waals surface area contributed by atoms with Gasteiger partial charge in [0, 0.05) is 24.1 Å². The van der Waals surface area contributed by atoms with Crippen molar-refractivity contribution in [3.8, 4) is 6.07 Å². The molecular weight excluding hydrogens is 292 g/mol. The molecule has 0 aliphatic heterocycles. The van der Waals surface area contributed by atoms with E-state index < -0.39 is 0 Å². The molecule has 0 radical (unpaired) electrons. The van der Waals surface area contributed by atoms with Crippen molar-refractivity contribution in [1.29, 1.82) is 5.26 Å². The lowest BCUT2D eigenvalue weighted by Crippen LogP contribution is -2.26. The van der Waals surface area contributed by atoms with Crippen LogP contribution < -0.4 is 0 Å². The third-order valence-electron chi connectivity index (χ3n) is 3.34. The van der Waals surface area contributed by atoms with Gasteiger partial charge in [0.2, 0.25) is 0 Å². The summed E-state index contributed by atoms with van der Waals surface area (Å²) in [7, 11) is 0. The van der Waals surface area contributed by atoms with Gasteiger partial charge in [0.05, 0.1) is 11.6 Å². The minimum absolute atomic E-state index is 0.227. The summed E-state index contributed by atoms with van der Waals surface area (Å²) in [5.41, 5.74) is 2.67. The highest BCUT2D eigenvalue weighted by molar-refractivity contribution is 7.10. The van der Waals surface area contributed by atoms with Crippen molar-refractivity contribution < 1.29 is 0 Å². The lowest BCUT2D eigenvalue weighted by atomic mass is 10.0. The minimum atomic E-state index is 0.227. The summed E-state index contributed by atoms with van der Waals surface area (Å²) >= 11 is 7.27. The van der Waals surface area contributed by atoms with Crippen LogP contribution in [0.5, 0.6) is 0 Å². The van der Waals surface area contributed by atoms with Gasteiger partial charge in [0.15, 0.2) is 0 Å². The molecule has 4 nitrogen and oxygen atoms in total. The Labute approximate surface area is 127 Å². The molecule has 104 valence electrons. The molecule has 0 unspecified atom stereocenters. The molecule has 0 bridgehead atoms. The number of nitrogens with zero attached hydrogens (tertiary/aromatic N) is 4. The normalized spacial score (nSPS) is 12.3. The predicted molar refractivity (Wildman–Crippen MR) is 80.6 cm³/mol. The molecular formula is C14H15ClN4S. The van der Waals surface area contributed by atoms with Gasteiger partial charge in [-0.15, -0.1) is 5.10 Å². The molecule has 1 atom stereocenters. The summed E-state index contributed by atoms with van der Waals surface area (Å²) in [5.74, 6) is 0. The molecule has 0 saturated heterocycles. The van der Waals surface area contributed by atoms with Crippen LogP contribution in [0, 0.1) is 11.3 Å². The van der Waals surface area contributed by atoms with Crippen LogP contribution in [-0.2, 0) is 6.54 Å². The van der Waals surface area contributed by atoms with E-state index in [-0.39, 0.29) is 6.04 Å². The van der Waals surface area contributed by atoms with Gasteiger partial charge in [-0.2, -0.15) is 5.26 Å². The maximum absolute atomic E-state index is 8.84. The third-order valence-corrected chi connectivity index (χ3v) is 4.32. The molecule has 2 rings (SSSR count). The average molecular weight is 307 g/mol. The number of hydrogen-bond acceptors (Lipinski definition) is 5. The molecule has 2 aromatic rings. The van der Waals surface area contributed by atoms with Gasteiger partial charge in [-0.1, -0.05) is 35.1 Å². The number of hydrogen-bond donors (Lipinski definition) is 0. The highest BCUT2D eigenvalue weighted by Gasteiger charge is 2.17. The Bertz CT molecular complexity index is 602. The lowest BCUT2D eigenvalue weighted by Gasteiger charge is -2.27. The molecule has 0 fully saturated rings. The van der Waals surface area contributed by atoms with E-state index in [1.807, 2.05) is 24.3 Å². The smallest absolute Gasteiger partial charge is 0.138 e. The average Bonchev–Trinajstić information content (AvgIpc) is 2.89. The first-order chi connectivity index (χ1) is 9.65. The van der Waals surface area contributed by atoms with Gasteiger partial charge in [-0.3, -0.25) is 4.90 Å². The second-order valence-electron chi connectivity index (χ2n) is 4.47. The molecule has 1 heterocycles. The van der Waals surface area contributed by atoms with E-state index >= 15 is 0 Å². The SMILES string of the molecule is CCN(Cc1nnsc1Cl)[C@@H](C)c1ccc(C#N)cc1. The Morgan fingerprint density at radius 2 is 2.10 bits per heavy atom. The first kappa shape index (κ1) is 14.9. The summed E-state index contributed by atoms with van der Waals surface area (Å²) in [5, 5.41) is 12.9. The van der Waals surface area contributed by atoms with E-state index in [0.717, 1.165) is 12.2 Å². The fourth-order valence-corrected chi connectivity index (χ4v) is 2.67. The molecule has 1 aromatic heterocycles. The van der Waals surface area contributed by atoms with Crippen LogP contribution in [0.15, 0.2) is 24.3 Å². The Kier molecular flexibility index (Phi) is 5.07. The van der Waals surface area contributed by atoms with Gasteiger partial charge < -0.3 is 0 Å². The van der Waals surface area contributed by atoms with Crippen LogP contribution in [0.2, 0.25) is 4.34 Å². The number of aromatic nitrogens is 2. The summed E-state index contributed by atoms with van der Waals surface area (Å²) in [4.78, 5) is 2.27. The molecule has 0 aliphatic carbocycles. The highest BCUT2D eigenvalue weighted by atomic mass is 35.5. The van der Waals surface area contributed by atoms with Crippen LogP contribution in [0.4, 0.5) is 0 Å². The number of rotatable bonds is 5. The van der Waals surface area contributed by atoms with Gasteiger partial charge in [0.25, 0.3) is 0 Å². The second kappa shape index (κ2) is 6.80. The van der Waals surface area contributed by atoms with E-state index in [9.17, 15) is 0 Å². The zero-order valence-corrected chi connectivity index (χ0v) is 12.9. The van der Waals surface area contributed by atoms with Crippen LogP contribution in [0.25, 0.3) is 0 Å². The third kappa shape index (κ3) is 3.34. The van der Waals surface area contributed by atoms with Gasteiger partial charge in [-0.05, 0) is 31.2 Å². The van der Waals surface area contributed by atoms with E-state index in [0.29, 0.717) is 16.4 Å². The van der Waals surface area contributed by atoms with Gasteiger partial charge in [0.1, 0.15) is 10.0 Å². The minimum Gasteiger partial charge on any atom is -0.291 e.